The van der Waals surface area contributed by atoms with Gasteiger partial charge in [-0.25, -0.2) is 27.2 Å². The van der Waals surface area contributed by atoms with Gasteiger partial charge in [0.15, 0.2) is 17.3 Å². The molecule has 180 valence electrons. The van der Waals surface area contributed by atoms with Crippen LogP contribution in [0.1, 0.15) is 30.1 Å². The lowest BCUT2D eigenvalue weighted by Gasteiger charge is -2.43. The number of anilines is 1. The average molecular weight is 490 g/mol. The van der Waals surface area contributed by atoms with Gasteiger partial charge in [0.25, 0.3) is 0 Å². The number of halogens is 5. The lowest BCUT2D eigenvalue weighted by molar-refractivity contribution is -0.141. The Morgan fingerprint density at radius 2 is 1.76 bits per heavy atom. The highest BCUT2D eigenvalue weighted by atomic mass is 32.2. The quantitative estimate of drug-likeness (QED) is 0.612. The summed E-state index contributed by atoms with van der Waals surface area (Å²) in [5.74, 6) is -1.42. The summed E-state index contributed by atoms with van der Waals surface area (Å²) in [5, 5.41) is 0. The van der Waals surface area contributed by atoms with Crippen LogP contribution in [-0.2, 0) is 16.0 Å². The van der Waals surface area contributed by atoms with Crippen molar-refractivity contribution in [2.24, 2.45) is 5.92 Å². The Morgan fingerprint density at radius 1 is 1.03 bits per heavy atom. The predicted molar refractivity (Wildman–Crippen MR) is 111 cm³/mol. The molecule has 0 aliphatic carbocycles. The summed E-state index contributed by atoms with van der Waals surface area (Å²) < 4.78 is 90.6. The highest BCUT2D eigenvalue weighted by Crippen LogP contribution is 2.33. The van der Waals surface area contributed by atoms with E-state index in [0.29, 0.717) is 38.7 Å². The highest BCUT2D eigenvalue weighted by Gasteiger charge is 2.36. The monoisotopic (exact) mass is 490 g/mol. The molecule has 1 aromatic carbocycles. The molecule has 0 spiro atoms. The molecular weight excluding hydrogens is 467 g/mol. The maximum atomic E-state index is 14.7. The number of aromatic nitrogens is 2. The van der Waals surface area contributed by atoms with Crippen molar-refractivity contribution >= 4 is 15.7 Å². The van der Waals surface area contributed by atoms with Crippen molar-refractivity contribution in [3.63, 3.8) is 0 Å². The number of sulfone groups is 1. The van der Waals surface area contributed by atoms with Gasteiger partial charge in [-0.3, -0.25) is 4.90 Å². The third-order valence-corrected chi connectivity index (χ3v) is 7.97. The standard InChI is InChI=1S/C21H23F5N4O2S/c22-16-3-1-2-15(20(16)23)17-13-30(19-11-27-18(10-28-19)21(24,25)26)7-6-29(17)12-14-4-8-33(31,32)9-5-14/h1-3,10-11,14,17H,4-9,12-13H2. The van der Waals surface area contributed by atoms with Crippen LogP contribution in [0.25, 0.3) is 0 Å². The second kappa shape index (κ2) is 9.13. The Morgan fingerprint density at radius 3 is 2.39 bits per heavy atom. The van der Waals surface area contributed by atoms with Gasteiger partial charge in [0.2, 0.25) is 0 Å². The molecule has 33 heavy (non-hydrogen) atoms. The van der Waals surface area contributed by atoms with Crippen molar-refractivity contribution in [3.8, 4) is 0 Å². The molecule has 3 heterocycles. The fourth-order valence-corrected chi connectivity index (χ4v) is 5.99. The van der Waals surface area contributed by atoms with Crippen LogP contribution >= 0.6 is 0 Å². The lowest BCUT2D eigenvalue weighted by Crippen LogP contribution is -2.50. The molecule has 6 nitrogen and oxygen atoms in total. The Kier molecular flexibility index (Phi) is 6.59. The molecule has 2 aliphatic heterocycles. The van der Waals surface area contributed by atoms with Gasteiger partial charge in [0.1, 0.15) is 15.7 Å². The van der Waals surface area contributed by atoms with Crippen LogP contribution in [0.2, 0.25) is 0 Å². The van der Waals surface area contributed by atoms with E-state index in [1.54, 1.807) is 4.90 Å². The van der Waals surface area contributed by atoms with Crippen molar-refractivity contribution in [1.29, 1.82) is 0 Å². The molecule has 12 heteroatoms. The zero-order valence-corrected chi connectivity index (χ0v) is 18.4. The van der Waals surface area contributed by atoms with Crippen LogP contribution < -0.4 is 4.90 Å². The first kappa shape index (κ1) is 23.8. The Labute approximate surface area is 188 Å². The van der Waals surface area contributed by atoms with Crippen LogP contribution in [0.4, 0.5) is 27.8 Å². The van der Waals surface area contributed by atoms with Crippen molar-refractivity contribution in [2.75, 3.05) is 42.6 Å². The molecule has 0 bridgehead atoms. The average Bonchev–Trinajstić information content (AvgIpc) is 2.77. The molecule has 0 radical (unpaired) electrons. The van der Waals surface area contributed by atoms with Crippen molar-refractivity contribution in [1.82, 2.24) is 14.9 Å². The summed E-state index contributed by atoms with van der Waals surface area (Å²) >= 11 is 0. The molecule has 0 saturated carbocycles. The van der Waals surface area contributed by atoms with Crippen molar-refractivity contribution in [2.45, 2.75) is 25.1 Å². The van der Waals surface area contributed by atoms with E-state index in [9.17, 15) is 30.4 Å². The number of nitrogens with zero attached hydrogens (tertiary/aromatic N) is 4. The smallest absolute Gasteiger partial charge is 0.352 e. The first-order valence-electron chi connectivity index (χ1n) is 10.6. The van der Waals surface area contributed by atoms with Gasteiger partial charge in [-0.15, -0.1) is 0 Å². The largest absolute Gasteiger partial charge is 0.434 e. The number of piperazine rings is 1. The molecule has 2 saturated heterocycles. The molecule has 2 fully saturated rings. The van der Waals surface area contributed by atoms with Gasteiger partial charge < -0.3 is 4.90 Å². The van der Waals surface area contributed by atoms with Crippen LogP contribution in [0.15, 0.2) is 30.6 Å². The van der Waals surface area contributed by atoms with Gasteiger partial charge in [0, 0.05) is 31.7 Å². The van der Waals surface area contributed by atoms with Crippen molar-refractivity contribution < 1.29 is 30.4 Å². The SMILES string of the molecule is O=S1(=O)CCC(CN2CCN(c3cnc(C(F)(F)F)cn3)CC2c2cccc(F)c2F)CC1. The number of hydrogen-bond acceptors (Lipinski definition) is 6. The summed E-state index contributed by atoms with van der Waals surface area (Å²) in [6, 6.07) is 3.34. The fourth-order valence-electron chi connectivity index (χ4n) is 4.40. The van der Waals surface area contributed by atoms with Gasteiger partial charge in [-0.05, 0) is 24.8 Å². The summed E-state index contributed by atoms with van der Waals surface area (Å²) in [6.07, 6.45) is -1.91. The molecule has 0 amide bonds. The summed E-state index contributed by atoms with van der Waals surface area (Å²) in [5.41, 5.74) is -0.965. The topological polar surface area (TPSA) is 66.4 Å². The van der Waals surface area contributed by atoms with E-state index in [0.717, 1.165) is 12.3 Å². The fraction of sp³-hybridized carbons (Fsp3) is 0.524. The third kappa shape index (κ3) is 5.43. The Bertz CT molecular complexity index is 1080. The van der Waals surface area contributed by atoms with Crippen molar-refractivity contribution in [3.05, 3.63) is 53.5 Å². The lowest BCUT2D eigenvalue weighted by atomic mass is 9.96. The molecular formula is C21H23F5N4O2S. The van der Waals surface area contributed by atoms with Gasteiger partial charge in [-0.1, -0.05) is 12.1 Å². The molecule has 4 rings (SSSR count). The molecule has 2 aromatic rings. The molecule has 1 atom stereocenters. The van der Waals surface area contributed by atoms with E-state index in [1.807, 2.05) is 4.90 Å². The van der Waals surface area contributed by atoms with Crippen LogP contribution in [-0.4, -0.2) is 61.0 Å². The minimum absolute atomic E-state index is 0.102. The van der Waals surface area contributed by atoms with E-state index >= 15 is 0 Å². The minimum atomic E-state index is -4.61. The van der Waals surface area contributed by atoms with E-state index in [1.165, 1.54) is 12.1 Å². The van der Waals surface area contributed by atoms with Gasteiger partial charge >= 0.3 is 6.18 Å². The molecule has 1 unspecified atom stereocenters. The van der Waals surface area contributed by atoms with E-state index in [-0.39, 0.29) is 35.3 Å². The third-order valence-electron chi connectivity index (χ3n) is 6.25. The summed E-state index contributed by atoms with van der Waals surface area (Å²) in [6.45, 7) is 1.51. The van der Waals surface area contributed by atoms with Crippen LogP contribution in [0.3, 0.4) is 0 Å². The second-order valence-electron chi connectivity index (χ2n) is 8.45. The normalized spacial score (nSPS) is 22.5. The Balaban J connectivity index is 1.57. The number of alkyl halides is 3. The molecule has 1 aromatic heterocycles. The van der Waals surface area contributed by atoms with E-state index in [2.05, 4.69) is 9.97 Å². The summed E-state index contributed by atoms with van der Waals surface area (Å²) in [4.78, 5) is 11.0. The predicted octanol–water partition coefficient (Wildman–Crippen LogP) is 3.46. The van der Waals surface area contributed by atoms with Gasteiger partial charge in [0.05, 0.1) is 29.9 Å². The van der Waals surface area contributed by atoms with Gasteiger partial charge in [-0.2, -0.15) is 13.2 Å². The summed E-state index contributed by atoms with van der Waals surface area (Å²) in [7, 11) is -3.03. The highest BCUT2D eigenvalue weighted by molar-refractivity contribution is 7.91. The first-order chi connectivity index (χ1) is 15.5. The van der Waals surface area contributed by atoms with Crippen LogP contribution in [0.5, 0.6) is 0 Å². The van der Waals surface area contributed by atoms with E-state index in [4.69, 9.17) is 0 Å². The maximum absolute atomic E-state index is 14.7. The minimum Gasteiger partial charge on any atom is -0.352 e. The van der Waals surface area contributed by atoms with E-state index < -0.39 is 39.4 Å². The number of benzene rings is 1. The zero-order chi connectivity index (χ0) is 23.8. The first-order valence-corrected chi connectivity index (χ1v) is 12.4. The Hall–Kier alpha value is -2.34. The maximum Gasteiger partial charge on any atom is 0.434 e. The molecule has 0 N–H and O–H groups in total. The number of rotatable bonds is 4. The second-order valence-corrected chi connectivity index (χ2v) is 10.8. The zero-order valence-electron chi connectivity index (χ0n) is 17.6. The number of hydrogen-bond donors (Lipinski definition) is 0. The van der Waals surface area contributed by atoms with Crippen LogP contribution in [0, 0.1) is 17.6 Å². The molecule has 2 aliphatic rings.